The predicted octanol–water partition coefficient (Wildman–Crippen LogP) is 2.11. The van der Waals surface area contributed by atoms with Gasteiger partial charge in [0.25, 0.3) is 0 Å². The zero-order chi connectivity index (χ0) is 16.1. The lowest BCUT2D eigenvalue weighted by molar-refractivity contribution is -0.162. The van der Waals surface area contributed by atoms with E-state index < -0.39 is 35.9 Å². The number of aliphatic carboxylic acids is 1. The number of rotatable bonds is 8. The summed E-state index contributed by atoms with van der Waals surface area (Å²) >= 11 is 0. The fraction of sp³-hybridized carbons (Fsp3) is 0.846. The van der Waals surface area contributed by atoms with Crippen LogP contribution in [0.5, 0.6) is 0 Å². The number of hydrogen-bond donors (Lipinski definition) is 2. The highest BCUT2D eigenvalue weighted by atomic mass is 19.4. The van der Waals surface area contributed by atoms with Crippen LogP contribution in [0.15, 0.2) is 0 Å². The van der Waals surface area contributed by atoms with Crippen LogP contribution in [-0.2, 0) is 14.3 Å². The van der Waals surface area contributed by atoms with Crippen molar-refractivity contribution < 1.29 is 32.6 Å². The van der Waals surface area contributed by atoms with E-state index in [4.69, 9.17) is 9.84 Å². The number of carboxylic acid groups (broad SMARTS) is 1. The van der Waals surface area contributed by atoms with Gasteiger partial charge < -0.3 is 15.2 Å². The third-order valence-electron chi connectivity index (χ3n) is 3.76. The van der Waals surface area contributed by atoms with E-state index in [2.05, 4.69) is 0 Å². The molecule has 0 aromatic rings. The average molecular weight is 311 g/mol. The van der Waals surface area contributed by atoms with Crippen molar-refractivity contribution in [1.29, 1.82) is 0 Å². The monoisotopic (exact) mass is 311 g/mol. The molecule has 0 aromatic heterocycles. The fourth-order valence-electron chi connectivity index (χ4n) is 2.35. The van der Waals surface area contributed by atoms with Gasteiger partial charge in [0.1, 0.15) is 6.04 Å². The van der Waals surface area contributed by atoms with E-state index in [1.165, 1.54) is 0 Å². The summed E-state index contributed by atoms with van der Waals surface area (Å²) in [5.41, 5.74) is -0.783. The molecule has 1 aliphatic carbocycles. The quantitative estimate of drug-likeness (QED) is 0.673. The molecule has 21 heavy (non-hydrogen) atoms. The topological polar surface area (TPSA) is 75.6 Å². The molecule has 8 heteroatoms. The Labute approximate surface area is 120 Å². The molecule has 0 aliphatic heterocycles. The summed E-state index contributed by atoms with van der Waals surface area (Å²) < 4.78 is 42.1. The van der Waals surface area contributed by atoms with Crippen LogP contribution in [0.25, 0.3) is 0 Å². The van der Waals surface area contributed by atoms with E-state index in [1.54, 1.807) is 6.92 Å². The molecular formula is C13H20F3NO4. The number of halogens is 3. The zero-order valence-corrected chi connectivity index (χ0v) is 11.8. The van der Waals surface area contributed by atoms with Crippen LogP contribution in [0.1, 0.15) is 39.0 Å². The summed E-state index contributed by atoms with van der Waals surface area (Å²) in [6, 6.07) is -1.94. The van der Waals surface area contributed by atoms with E-state index >= 15 is 0 Å². The molecule has 1 fully saturated rings. The number of carbonyl (C=O) groups is 2. The van der Waals surface area contributed by atoms with Gasteiger partial charge in [-0.15, -0.1) is 0 Å². The van der Waals surface area contributed by atoms with Crippen LogP contribution in [0.4, 0.5) is 13.2 Å². The van der Waals surface area contributed by atoms with E-state index in [0.29, 0.717) is 32.5 Å². The molecular weight excluding hydrogens is 291 g/mol. The fourth-order valence-corrected chi connectivity index (χ4v) is 2.35. The molecule has 1 amide bonds. The highest BCUT2D eigenvalue weighted by Crippen LogP contribution is 2.44. The van der Waals surface area contributed by atoms with Gasteiger partial charge >= 0.3 is 12.1 Å². The third kappa shape index (κ3) is 5.18. The van der Waals surface area contributed by atoms with E-state index in [9.17, 15) is 22.8 Å². The highest BCUT2D eigenvalue weighted by molar-refractivity contribution is 5.88. The van der Waals surface area contributed by atoms with Gasteiger partial charge in [0.2, 0.25) is 5.91 Å². The minimum atomic E-state index is -4.64. The number of amides is 1. The number of hydrogen-bond acceptors (Lipinski definition) is 3. The van der Waals surface area contributed by atoms with Crippen LogP contribution in [0.3, 0.4) is 0 Å². The smallest absolute Gasteiger partial charge is 0.391 e. The molecule has 1 atom stereocenters. The molecule has 0 heterocycles. The predicted molar refractivity (Wildman–Crippen MR) is 67.6 cm³/mol. The molecule has 0 radical (unpaired) electrons. The normalized spacial score (nSPS) is 18.7. The Kier molecular flexibility index (Phi) is 6.00. The largest absolute Gasteiger partial charge is 0.480 e. The molecule has 0 spiro atoms. The lowest BCUT2D eigenvalue weighted by Gasteiger charge is -2.40. The van der Waals surface area contributed by atoms with Crippen LogP contribution in [0, 0.1) is 5.41 Å². The number of carboxylic acids is 1. The molecule has 1 rings (SSSR count). The van der Waals surface area contributed by atoms with Crippen molar-refractivity contribution >= 4 is 11.9 Å². The van der Waals surface area contributed by atoms with Crippen molar-refractivity contribution in [2.45, 2.75) is 51.2 Å². The zero-order valence-electron chi connectivity index (χ0n) is 11.8. The number of carbonyl (C=O) groups excluding carboxylic acids is 1. The van der Waals surface area contributed by atoms with Crippen LogP contribution >= 0.6 is 0 Å². The van der Waals surface area contributed by atoms with Gasteiger partial charge in [0, 0.05) is 13.2 Å². The summed E-state index contributed by atoms with van der Waals surface area (Å²) in [5, 5.41) is 10.8. The van der Waals surface area contributed by atoms with Gasteiger partial charge in [-0.1, -0.05) is 6.42 Å². The van der Waals surface area contributed by atoms with E-state index in [-0.39, 0.29) is 0 Å². The molecule has 1 unspecified atom stereocenters. The Morgan fingerprint density at radius 2 is 2.00 bits per heavy atom. The van der Waals surface area contributed by atoms with Gasteiger partial charge in [-0.25, -0.2) is 4.79 Å². The third-order valence-corrected chi connectivity index (χ3v) is 3.76. The van der Waals surface area contributed by atoms with Crippen molar-refractivity contribution in [2.24, 2.45) is 5.41 Å². The first-order valence-corrected chi connectivity index (χ1v) is 6.88. The number of ether oxygens (including phenoxy) is 1. The Bertz CT molecular complexity index is 380. The maximum atomic E-state index is 12.3. The summed E-state index contributed by atoms with van der Waals surface area (Å²) in [4.78, 5) is 23.0. The maximum Gasteiger partial charge on any atom is 0.391 e. The lowest BCUT2D eigenvalue weighted by atomic mass is 9.66. The number of alkyl halides is 3. The molecule has 1 saturated carbocycles. The van der Waals surface area contributed by atoms with Crippen molar-refractivity contribution in [3.05, 3.63) is 0 Å². The Morgan fingerprint density at radius 1 is 1.38 bits per heavy atom. The summed E-state index contributed by atoms with van der Waals surface area (Å²) in [6.45, 7) is 2.63. The van der Waals surface area contributed by atoms with Gasteiger partial charge in [-0.05, 0) is 26.2 Å². The molecule has 122 valence electrons. The van der Waals surface area contributed by atoms with Crippen LogP contribution in [0.2, 0.25) is 0 Å². The molecule has 5 nitrogen and oxygen atoms in total. The van der Waals surface area contributed by atoms with E-state index in [1.807, 2.05) is 5.32 Å². The minimum Gasteiger partial charge on any atom is -0.480 e. The van der Waals surface area contributed by atoms with E-state index in [0.717, 1.165) is 6.42 Å². The molecule has 0 saturated heterocycles. The van der Waals surface area contributed by atoms with Crippen LogP contribution < -0.4 is 5.32 Å². The van der Waals surface area contributed by atoms with Gasteiger partial charge in [-0.2, -0.15) is 13.2 Å². The first-order valence-electron chi connectivity index (χ1n) is 6.88. The summed E-state index contributed by atoms with van der Waals surface area (Å²) in [7, 11) is 0. The van der Waals surface area contributed by atoms with Crippen molar-refractivity contribution in [3.63, 3.8) is 0 Å². The molecule has 0 bridgehead atoms. The van der Waals surface area contributed by atoms with Gasteiger partial charge in [0.15, 0.2) is 0 Å². The standard InChI is InChI=1S/C13H20F3NO4/c1-2-21-7-6-12(4-3-5-12)11(20)17-9(10(18)19)8-13(14,15)16/h9H,2-8H2,1H3,(H,17,20)(H,18,19). The molecule has 1 aliphatic rings. The Morgan fingerprint density at radius 3 is 2.38 bits per heavy atom. The van der Waals surface area contributed by atoms with Crippen molar-refractivity contribution in [3.8, 4) is 0 Å². The summed E-state index contributed by atoms with van der Waals surface area (Å²) in [5.74, 6) is -2.30. The Balaban J connectivity index is 2.64. The summed E-state index contributed by atoms with van der Waals surface area (Å²) in [6.07, 6.45) is -3.93. The lowest BCUT2D eigenvalue weighted by Crippen LogP contribution is -2.52. The van der Waals surface area contributed by atoms with Crippen molar-refractivity contribution in [1.82, 2.24) is 5.32 Å². The van der Waals surface area contributed by atoms with Crippen molar-refractivity contribution in [2.75, 3.05) is 13.2 Å². The second-order valence-corrected chi connectivity index (χ2v) is 5.26. The first-order chi connectivity index (χ1) is 9.70. The molecule has 2 N–H and O–H groups in total. The second-order valence-electron chi connectivity index (χ2n) is 5.26. The Hall–Kier alpha value is -1.31. The van der Waals surface area contributed by atoms with Gasteiger partial charge in [-0.3, -0.25) is 4.79 Å². The first kappa shape index (κ1) is 17.7. The maximum absolute atomic E-state index is 12.3. The molecule has 0 aromatic carbocycles. The number of nitrogens with one attached hydrogen (secondary N) is 1. The minimum absolute atomic E-state index is 0.334. The second kappa shape index (κ2) is 7.11. The van der Waals surface area contributed by atoms with Gasteiger partial charge in [0.05, 0.1) is 11.8 Å². The van der Waals surface area contributed by atoms with Crippen LogP contribution in [-0.4, -0.2) is 42.4 Å². The SMILES string of the molecule is CCOCCC1(C(=O)NC(CC(F)(F)F)C(=O)O)CCC1. The highest BCUT2D eigenvalue weighted by Gasteiger charge is 2.46. The average Bonchev–Trinajstić information content (AvgIpc) is 2.29.